The van der Waals surface area contributed by atoms with Gasteiger partial charge in [-0.2, -0.15) is 4.37 Å². The molecule has 1 fully saturated rings. The zero-order valence-corrected chi connectivity index (χ0v) is 20.6. The maximum atomic E-state index is 14.0. The van der Waals surface area contributed by atoms with E-state index >= 15 is 0 Å². The van der Waals surface area contributed by atoms with Crippen LogP contribution in [0.4, 0.5) is 11.4 Å². The topological polar surface area (TPSA) is 159 Å². The Morgan fingerprint density at radius 2 is 2.06 bits per heavy atom. The Morgan fingerprint density at radius 3 is 2.75 bits per heavy atom. The molecule has 3 aromatic rings. The van der Waals surface area contributed by atoms with E-state index in [2.05, 4.69) is 9.69 Å². The van der Waals surface area contributed by atoms with Gasteiger partial charge in [0, 0.05) is 29.8 Å². The molecular weight excluding hydrogens is 506 g/mol. The molecule has 5 rings (SSSR count). The highest BCUT2D eigenvalue weighted by atomic mass is 32.1. The van der Waals surface area contributed by atoms with Crippen LogP contribution in [0.5, 0.6) is 11.5 Å². The fraction of sp³-hybridized carbons (Fsp3) is 0.304. The minimum absolute atomic E-state index is 0.00468. The summed E-state index contributed by atoms with van der Waals surface area (Å²) >= 11 is 2.08. The van der Waals surface area contributed by atoms with E-state index < -0.39 is 23.8 Å². The number of nitrogens with zero attached hydrogens (tertiary/aromatic N) is 2. The average Bonchev–Trinajstić information content (AvgIpc) is 3.67. The number of fused-ring (bicyclic) bond motifs is 1. The average molecular weight is 530 g/mol. The third-order valence-electron chi connectivity index (χ3n) is 5.86. The molecule has 11 nitrogen and oxygen atoms in total. The molecule has 0 bridgehead atoms. The van der Waals surface area contributed by atoms with Gasteiger partial charge in [-0.05, 0) is 48.0 Å². The van der Waals surface area contributed by atoms with E-state index in [0.717, 1.165) is 24.4 Å². The van der Waals surface area contributed by atoms with E-state index in [1.54, 1.807) is 30.3 Å². The highest BCUT2D eigenvalue weighted by molar-refractivity contribution is 7.10. The molecule has 2 aliphatic rings. The number of nitrogens with one attached hydrogen (secondary N) is 1. The molecule has 13 heteroatoms. The molecule has 0 saturated carbocycles. The molecule has 0 unspecified atom stereocenters. The van der Waals surface area contributed by atoms with Gasteiger partial charge >= 0.3 is 0 Å². The number of amides is 3. The number of aromatic nitrogens is 1. The predicted molar refractivity (Wildman–Crippen MR) is 133 cm³/mol. The summed E-state index contributed by atoms with van der Waals surface area (Å²) in [4.78, 5) is 41.3. The van der Waals surface area contributed by atoms with E-state index in [4.69, 9.17) is 25.7 Å². The number of nitrogen functional groups attached to an aromatic ring is 1. The fourth-order valence-electron chi connectivity index (χ4n) is 4.09. The molecule has 3 amide bonds. The molecule has 2 atom stereocenters. The lowest BCUT2D eigenvalue weighted by atomic mass is 10.1. The first kappa shape index (κ1) is 24.0. The monoisotopic (exact) mass is 529 g/mol. The normalized spacial score (nSPS) is 17.1. The smallest absolute Gasteiger partial charge is 0.273 e. The van der Waals surface area contributed by atoms with E-state index in [1.807, 2.05) is 5.38 Å². The van der Waals surface area contributed by atoms with Crippen LogP contribution in [0.25, 0.3) is 0 Å². The lowest BCUT2D eigenvalue weighted by molar-refractivity contribution is -0.122. The van der Waals surface area contributed by atoms with Crippen LogP contribution < -0.4 is 31.2 Å². The molecular formula is C23H23N5O6S2. The summed E-state index contributed by atoms with van der Waals surface area (Å²) in [6.45, 7) is 1.02. The Kier molecular flexibility index (Phi) is 6.76. The van der Waals surface area contributed by atoms with Crippen molar-refractivity contribution in [3.8, 4) is 11.5 Å². The molecule has 0 aliphatic carbocycles. The van der Waals surface area contributed by atoms with Crippen LogP contribution in [0.1, 0.15) is 43.9 Å². The van der Waals surface area contributed by atoms with E-state index in [-0.39, 0.29) is 29.2 Å². The Bertz CT molecular complexity index is 1290. The van der Waals surface area contributed by atoms with Crippen LogP contribution in [0.15, 0.2) is 35.7 Å². The third kappa shape index (κ3) is 4.59. The second kappa shape index (κ2) is 10.1. The van der Waals surface area contributed by atoms with Gasteiger partial charge in [-0.25, -0.2) is 0 Å². The van der Waals surface area contributed by atoms with Crippen molar-refractivity contribution in [1.29, 1.82) is 0 Å². The molecule has 1 aromatic carbocycles. The molecule has 2 aliphatic heterocycles. The number of thiophene rings is 1. The summed E-state index contributed by atoms with van der Waals surface area (Å²) in [6.07, 6.45) is 1.70. The van der Waals surface area contributed by atoms with Crippen LogP contribution >= 0.6 is 22.9 Å². The summed E-state index contributed by atoms with van der Waals surface area (Å²) in [7, 11) is 0. The molecule has 36 heavy (non-hydrogen) atoms. The quantitative estimate of drug-likeness (QED) is 0.401. The van der Waals surface area contributed by atoms with E-state index in [9.17, 15) is 14.4 Å². The minimum Gasteiger partial charge on any atom is -0.454 e. The maximum absolute atomic E-state index is 14.0. The van der Waals surface area contributed by atoms with Crippen molar-refractivity contribution < 1.29 is 28.6 Å². The lowest BCUT2D eigenvalue weighted by Crippen LogP contribution is -2.45. The van der Waals surface area contributed by atoms with Gasteiger partial charge < -0.3 is 31.0 Å². The van der Waals surface area contributed by atoms with Crippen LogP contribution in [-0.2, 0) is 9.53 Å². The fourth-order valence-corrected chi connectivity index (χ4v) is 5.65. The maximum Gasteiger partial charge on any atom is 0.273 e. The number of hydrogen-bond acceptors (Lipinski definition) is 10. The van der Waals surface area contributed by atoms with Crippen molar-refractivity contribution in [3.63, 3.8) is 0 Å². The van der Waals surface area contributed by atoms with Crippen LogP contribution in [-0.4, -0.2) is 48.1 Å². The minimum atomic E-state index is -1.04. The second-order valence-corrected chi connectivity index (χ2v) is 9.90. The Hall–Kier alpha value is -3.68. The number of hydrogen-bond donors (Lipinski definition) is 3. The summed E-state index contributed by atoms with van der Waals surface area (Å²) < 4.78 is 20.5. The Morgan fingerprint density at radius 1 is 1.22 bits per heavy atom. The summed E-state index contributed by atoms with van der Waals surface area (Å²) in [5.41, 5.74) is 11.5. The molecule has 0 radical (unpaired) electrons. The van der Waals surface area contributed by atoms with E-state index in [1.165, 1.54) is 16.2 Å². The first-order chi connectivity index (χ1) is 17.4. The standard InChI is InChI=1S/C23H23N5O6S2/c24-17-18(21(25)29)27-36-20(17)23(31)28(12-5-6-14-15(9-12)34-11-33-14)19(16-4-2-8-35-16)22(30)26-10-13-3-1-7-32-13/h2,4-6,8-9,13,19H,1,3,7,10-11,24H2,(H2,25,29)(H,26,30)/t13-,19-/m1/s1. The molecule has 188 valence electrons. The van der Waals surface area contributed by atoms with Gasteiger partial charge in [-0.15, -0.1) is 11.3 Å². The summed E-state index contributed by atoms with van der Waals surface area (Å²) in [6, 6.07) is 7.48. The van der Waals surface area contributed by atoms with Crippen molar-refractivity contribution >= 4 is 52.0 Å². The molecule has 0 spiro atoms. The zero-order valence-electron chi connectivity index (χ0n) is 19.0. The van der Waals surface area contributed by atoms with Crippen molar-refractivity contribution in [2.75, 3.05) is 30.6 Å². The number of benzene rings is 1. The number of ether oxygens (including phenoxy) is 3. The number of carbonyl (C=O) groups is 3. The highest BCUT2D eigenvalue weighted by Gasteiger charge is 2.37. The van der Waals surface area contributed by atoms with Gasteiger partial charge in [0.2, 0.25) is 12.7 Å². The molecule has 4 heterocycles. The van der Waals surface area contributed by atoms with Crippen molar-refractivity contribution in [2.24, 2.45) is 5.73 Å². The SMILES string of the molecule is NC(=O)c1nsc(C(=O)N(c2ccc3c(c2)OCO3)[C@@H](C(=O)NC[C@H]2CCCO2)c2cccs2)c1N. The lowest BCUT2D eigenvalue weighted by Gasteiger charge is -2.30. The van der Waals surface area contributed by atoms with Gasteiger partial charge in [-0.3, -0.25) is 19.3 Å². The Balaban J connectivity index is 1.57. The first-order valence-electron chi connectivity index (χ1n) is 11.1. The van der Waals surface area contributed by atoms with Gasteiger partial charge in [0.15, 0.2) is 23.2 Å². The molecule has 2 aromatic heterocycles. The van der Waals surface area contributed by atoms with Gasteiger partial charge in [0.25, 0.3) is 11.8 Å². The van der Waals surface area contributed by atoms with Crippen molar-refractivity contribution in [3.05, 3.63) is 51.2 Å². The molecule has 1 saturated heterocycles. The summed E-state index contributed by atoms with van der Waals surface area (Å²) in [5, 5.41) is 4.76. The van der Waals surface area contributed by atoms with Crippen LogP contribution in [0.2, 0.25) is 0 Å². The van der Waals surface area contributed by atoms with E-state index in [0.29, 0.717) is 35.2 Å². The predicted octanol–water partition coefficient (Wildman–Crippen LogP) is 2.30. The van der Waals surface area contributed by atoms with Crippen LogP contribution in [0, 0.1) is 0 Å². The first-order valence-corrected chi connectivity index (χ1v) is 12.8. The number of anilines is 2. The largest absolute Gasteiger partial charge is 0.454 e. The number of rotatable bonds is 8. The number of nitrogens with two attached hydrogens (primary N) is 2. The second-order valence-electron chi connectivity index (χ2n) is 8.15. The zero-order chi connectivity index (χ0) is 25.2. The Labute approximate surface area is 214 Å². The summed E-state index contributed by atoms with van der Waals surface area (Å²) in [5.74, 6) is -0.888. The van der Waals surface area contributed by atoms with Gasteiger partial charge in [0.1, 0.15) is 4.88 Å². The van der Waals surface area contributed by atoms with Crippen LogP contribution in [0.3, 0.4) is 0 Å². The van der Waals surface area contributed by atoms with Gasteiger partial charge in [-0.1, -0.05) is 6.07 Å². The highest BCUT2D eigenvalue weighted by Crippen LogP contribution is 2.40. The third-order valence-corrected chi connectivity index (χ3v) is 7.63. The van der Waals surface area contributed by atoms with Crippen molar-refractivity contribution in [1.82, 2.24) is 9.69 Å². The number of carbonyl (C=O) groups excluding carboxylic acids is 3. The number of primary amides is 1. The van der Waals surface area contributed by atoms with Crippen molar-refractivity contribution in [2.45, 2.75) is 25.0 Å². The molecule has 5 N–H and O–H groups in total. The van der Waals surface area contributed by atoms with Gasteiger partial charge in [0.05, 0.1) is 11.8 Å².